The Morgan fingerprint density at radius 3 is 2.57 bits per heavy atom. The van der Waals surface area contributed by atoms with Gasteiger partial charge in [0.05, 0.1) is 35.0 Å². The van der Waals surface area contributed by atoms with E-state index in [9.17, 15) is 13.6 Å². The number of halogens is 3. The molecule has 0 unspecified atom stereocenters. The van der Waals surface area contributed by atoms with Crippen LogP contribution in [0.4, 0.5) is 26.1 Å². The minimum atomic E-state index is -0.949. The molecule has 1 aliphatic heterocycles. The number of amides is 1. The minimum Gasteiger partial charge on any atom is -0.491 e. The molecule has 7 rings (SSSR count). The molecule has 13 heteroatoms. The van der Waals surface area contributed by atoms with E-state index in [0.717, 1.165) is 56.1 Å². The largest absolute Gasteiger partial charge is 0.491 e. The van der Waals surface area contributed by atoms with Gasteiger partial charge in [0.15, 0.2) is 0 Å². The smallest absolute Gasteiger partial charge is 0.261 e. The van der Waals surface area contributed by atoms with Gasteiger partial charge in [-0.3, -0.25) is 9.69 Å². The zero-order valence-corrected chi connectivity index (χ0v) is 26.8. The molecule has 0 radical (unpaired) electrons. The first kappa shape index (κ1) is 32.1. The van der Waals surface area contributed by atoms with Gasteiger partial charge in [-0.25, -0.2) is 23.3 Å². The van der Waals surface area contributed by atoms with Crippen molar-refractivity contribution in [2.24, 2.45) is 0 Å². The molecule has 0 spiro atoms. The van der Waals surface area contributed by atoms with Gasteiger partial charge in [0.2, 0.25) is 5.95 Å². The van der Waals surface area contributed by atoms with Gasteiger partial charge in [0.25, 0.3) is 5.91 Å². The molecule has 1 fully saturated rings. The Balaban J connectivity index is 1.13. The van der Waals surface area contributed by atoms with Crippen LogP contribution in [0, 0.1) is 11.6 Å². The summed E-state index contributed by atoms with van der Waals surface area (Å²) in [5.74, 6) is -1.87. The lowest BCUT2D eigenvalue weighted by Crippen LogP contribution is -2.38. The number of morpholine rings is 1. The molecule has 49 heavy (non-hydrogen) atoms. The van der Waals surface area contributed by atoms with Crippen LogP contribution in [0.2, 0.25) is 5.02 Å². The monoisotopic (exact) mass is 681 g/mol. The zero-order chi connectivity index (χ0) is 33.7. The Kier molecular flexibility index (Phi) is 9.42. The first-order valence-electron chi connectivity index (χ1n) is 15.6. The summed E-state index contributed by atoms with van der Waals surface area (Å²) in [5.41, 5.74) is 3.67. The molecule has 0 atom stereocenters. The standard InChI is InChI=1S/C36H30ClF2N7O3/c37-26-22-25(10-11-31(26)49-20-17-45-15-18-48-19-16-45)42-36-40-13-12-29(43-36)33-30-9-1-2-14-46(30)44-34(33)23-5-3-6-24(21-23)41-35(47)32-27(38)7-4-8-28(32)39/h1-14,21-22H,15-20H2,(H,41,47)(H,40,42,43). The quantitative estimate of drug-likeness (QED) is 0.158. The van der Waals surface area contributed by atoms with Crippen molar-refractivity contribution in [1.29, 1.82) is 0 Å². The number of rotatable bonds is 10. The first-order chi connectivity index (χ1) is 23.9. The normalized spacial score (nSPS) is 13.4. The second-order valence-electron chi connectivity index (χ2n) is 11.2. The van der Waals surface area contributed by atoms with E-state index < -0.39 is 23.1 Å². The summed E-state index contributed by atoms with van der Waals surface area (Å²) in [5, 5.41) is 11.1. The van der Waals surface area contributed by atoms with Crippen LogP contribution < -0.4 is 15.4 Å². The maximum atomic E-state index is 14.3. The number of nitrogens with zero attached hydrogens (tertiary/aromatic N) is 5. The van der Waals surface area contributed by atoms with Crippen molar-refractivity contribution < 1.29 is 23.0 Å². The van der Waals surface area contributed by atoms with E-state index in [-0.39, 0.29) is 0 Å². The highest BCUT2D eigenvalue weighted by Crippen LogP contribution is 2.36. The predicted molar refractivity (Wildman–Crippen MR) is 183 cm³/mol. The molecule has 0 bridgehead atoms. The summed E-state index contributed by atoms with van der Waals surface area (Å²) in [4.78, 5) is 24.3. The molecule has 2 N–H and O–H groups in total. The van der Waals surface area contributed by atoms with Gasteiger partial charge in [-0.2, -0.15) is 5.10 Å². The summed E-state index contributed by atoms with van der Waals surface area (Å²) in [7, 11) is 0. The van der Waals surface area contributed by atoms with Crippen molar-refractivity contribution >= 4 is 40.3 Å². The third-order valence-electron chi connectivity index (χ3n) is 7.99. The highest BCUT2D eigenvalue weighted by atomic mass is 35.5. The number of ether oxygens (including phenoxy) is 2. The molecule has 0 aliphatic carbocycles. The Morgan fingerprint density at radius 2 is 1.76 bits per heavy atom. The number of nitrogens with one attached hydrogen (secondary N) is 2. The van der Waals surface area contributed by atoms with Crippen molar-refractivity contribution in [3.8, 4) is 28.3 Å². The molecule has 3 aromatic carbocycles. The van der Waals surface area contributed by atoms with Crippen LogP contribution in [0.5, 0.6) is 5.75 Å². The molecule has 1 amide bonds. The summed E-state index contributed by atoms with van der Waals surface area (Å²) in [6.45, 7) is 4.55. The molecule has 1 saturated heterocycles. The molecule has 0 saturated carbocycles. The average Bonchev–Trinajstić information content (AvgIpc) is 3.50. The molecule has 4 heterocycles. The van der Waals surface area contributed by atoms with E-state index in [1.54, 1.807) is 41.0 Å². The minimum absolute atomic E-state index is 0.337. The van der Waals surface area contributed by atoms with E-state index in [4.69, 9.17) is 31.2 Å². The van der Waals surface area contributed by atoms with Gasteiger partial charge >= 0.3 is 0 Å². The number of carbonyl (C=O) groups excluding carboxylic acids is 1. The van der Waals surface area contributed by atoms with Crippen molar-refractivity contribution in [2.45, 2.75) is 0 Å². The van der Waals surface area contributed by atoms with Gasteiger partial charge in [-0.1, -0.05) is 35.9 Å². The Labute approximate surface area is 285 Å². The summed E-state index contributed by atoms with van der Waals surface area (Å²) in [6.07, 6.45) is 3.47. The Morgan fingerprint density at radius 1 is 0.939 bits per heavy atom. The number of anilines is 3. The van der Waals surface area contributed by atoms with Crippen LogP contribution in [0.3, 0.4) is 0 Å². The van der Waals surface area contributed by atoms with Gasteiger partial charge in [-0.15, -0.1) is 0 Å². The number of pyridine rings is 1. The predicted octanol–water partition coefficient (Wildman–Crippen LogP) is 7.10. The van der Waals surface area contributed by atoms with Crippen LogP contribution in [0.1, 0.15) is 10.4 Å². The SMILES string of the molecule is O=C(Nc1cccc(-c2nn3ccccc3c2-c2ccnc(Nc3ccc(OCCN4CCOCC4)c(Cl)c3)n2)c1)c1c(F)cccc1F. The Hall–Kier alpha value is -5.43. The van der Waals surface area contributed by atoms with E-state index in [1.807, 2.05) is 42.6 Å². The van der Waals surface area contributed by atoms with Crippen LogP contribution in [-0.2, 0) is 4.74 Å². The summed E-state index contributed by atoms with van der Waals surface area (Å²) >= 11 is 6.56. The van der Waals surface area contributed by atoms with Gasteiger partial charge in [0, 0.05) is 49.0 Å². The molecule has 248 valence electrons. The maximum Gasteiger partial charge on any atom is 0.261 e. The lowest BCUT2D eigenvalue weighted by molar-refractivity contribution is 0.0322. The van der Waals surface area contributed by atoms with Crippen molar-refractivity contribution in [3.05, 3.63) is 120 Å². The fraction of sp³-hybridized carbons (Fsp3) is 0.167. The fourth-order valence-electron chi connectivity index (χ4n) is 5.60. The topological polar surface area (TPSA) is 106 Å². The summed E-state index contributed by atoms with van der Waals surface area (Å²) < 4.78 is 41.6. The highest BCUT2D eigenvalue weighted by Gasteiger charge is 2.21. The second kappa shape index (κ2) is 14.4. The van der Waals surface area contributed by atoms with E-state index in [0.29, 0.717) is 51.7 Å². The lowest BCUT2D eigenvalue weighted by Gasteiger charge is -2.26. The van der Waals surface area contributed by atoms with E-state index in [2.05, 4.69) is 20.5 Å². The number of hydrogen-bond acceptors (Lipinski definition) is 8. The van der Waals surface area contributed by atoms with Gasteiger partial charge < -0.3 is 20.1 Å². The molecular formula is C36H30ClF2N7O3. The summed E-state index contributed by atoms with van der Waals surface area (Å²) in [6, 6.07) is 23.0. The molecule has 1 aliphatic rings. The number of benzene rings is 3. The molecule has 10 nitrogen and oxygen atoms in total. The van der Waals surface area contributed by atoms with Crippen molar-refractivity contribution in [3.63, 3.8) is 0 Å². The third-order valence-corrected chi connectivity index (χ3v) is 8.29. The zero-order valence-electron chi connectivity index (χ0n) is 26.1. The van der Waals surface area contributed by atoms with Gasteiger partial charge in [0.1, 0.15) is 35.2 Å². The molecule has 6 aromatic rings. The lowest BCUT2D eigenvalue weighted by atomic mass is 10.0. The average molecular weight is 682 g/mol. The maximum absolute atomic E-state index is 14.3. The number of carbonyl (C=O) groups is 1. The van der Waals surface area contributed by atoms with Crippen molar-refractivity contribution in [2.75, 3.05) is 50.1 Å². The van der Waals surface area contributed by atoms with Crippen LogP contribution in [-0.4, -0.2) is 69.8 Å². The van der Waals surface area contributed by atoms with Crippen molar-refractivity contribution in [1.82, 2.24) is 24.5 Å². The molecular weight excluding hydrogens is 652 g/mol. The van der Waals surface area contributed by atoms with Crippen LogP contribution in [0.15, 0.2) is 97.3 Å². The number of fused-ring (bicyclic) bond motifs is 1. The first-order valence-corrected chi connectivity index (χ1v) is 16.0. The Bertz CT molecular complexity index is 2120. The van der Waals surface area contributed by atoms with E-state index >= 15 is 0 Å². The number of hydrogen-bond donors (Lipinski definition) is 2. The molecule has 3 aromatic heterocycles. The second-order valence-corrected chi connectivity index (χ2v) is 11.6. The van der Waals surface area contributed by atoms with Crippen LogP contribution in [0.25, 0.3) is 28.0 Å². The van der Waals surface area contributed by atoms with E-state index in [1.165, 1.54) is 6.07 Å². The third kappa shape index (κ3) is 7.21. The fourth-order valence-corrected chi connectivity index (χ4v) is 5.83. The number of aromatic nitrogens is 4. The van der Waals surface area contributed by atoms with Gasteiger partial charge in [-0.05, 0) is 60.7 Å². The van der Waals surface area contributed by atoms with Crippen LogP contribution >= 0.6 is 11.6 Å². The highest BCUT2D eigenvalue weighted by molar-refractivity contribution is 6.32.